The Morgan fingerprint density at radius 1 is 0.853 bits per heavy atom. The van der Waals surface area contributed by atoms with Crippen LogP contribution in [0.3, 0.4) is 0 Å². The fraction of sp³-hybridized carbons (Fsp3) is 0.750. The van der Waals surface area contributed by atoms with Crippen molar-refractivity contribution in [3.63, 3.8) is 0 Å². The number of rotatable bonds is 7. The molecule has 0 aromatic rings. The summed E-state index contributed by atoms with van der Waals surface area (Å²) in [6.07, 6.45) is -5.88. The van der Waals surface area contributed by atoms with Gasteiger partial charge in [0.25, 0.3) is 0 Å². The summed E-state index contributed by atoms with van der Waals surface area (Å²) < 4.78 is 27.1. The molecule has 14 heteroatoms. The number of nitrogens with one attached hydrogen (secondary N) is 2. The van der Waals surface area contributed by atoms with Gasteiger partial charge in [0.05, 0.1) is 0 Å². The molecule has 2 fully saturated rings. The van der Waals surface area contributed by atoms with E-state index in [0.717, 1.165) is 40.0 Å². The number of likely N-dealkylation sites (N-methyl/N-ethyl adjacent to an activating group) is 1. The summed E-state index contributed by atoms with van der Waals surface area (Å²) in [5, 5.41) is 5.01. The van der Waals surface area contributed by atoms with E-state index in [1.54, 1.807) is 0 Å². The van der Waals surface area contributed by atoms with E-state index in [0.29, 0.717) is 0 Å². The minimum absolute atomic E-state index is 0.172. The van der Waals surface area contributed by atoms with Crippen molar-refractivity contribution in [3.8, 4) is 0 Å². The lowest BCUT2D eigenvalue weighted by molar-refractivity contribution is -0.255. The van der Waals surface area contributed by atoms with Gasteiger partial charge in [-0.3, -0.25) is 24.6 Å². The molecule has 2 rings (SSSR count). The van der Waals surface area contributed by atoms with Gasteiger partial charge in [-0.15, -0.1) is 0 Å². The SMILES string of the molecule is CC(=O)OC[C@H]1O[C@@H](NC(=S)NN2CCN(C)CC2)[C@@H](OC(C)=O)[C@@H](OC(C)=O)[C@H]1OC(C)=O. The Kier molecular flexibility index (Phi) is 10.4. The summed E-state index contributed by atoms with van der Waals surface area (Å²) in [5.41, 5.74) is 3.05. The highest BCUT2D eigenvalue weighted by Crippen LogP contribution is 2.28. The lowest BCUT2D eigenvalue weighted by Crippen LogP contribution is -2.67. The Bertz CT molecular complexity index is 775. The molecule has 2 saturated heterocycles. The van der Waals surface area contributed by atoms with E-state index in [9.17, 15) is 19.2 Å². The van der Waals surface area contributed by atoms with E-state index in [1.807, 2.05) is 12.1 Å². The smallest absolute Gasteiger partial charge is 0.303 e. The van der Waals surface area contributed by atoms with Crippen LogP contribution in [-0.2, 0) is 42.9 Å². The summed E-state index contributed by atoms with van der Waals surface area (Å²) in [7, 11) is 2.02. The van der Waals surface area contributed by atoms with Crippen LogP contribution in [0.15, 0.2) is 0 Å². The van der Waals surface area contributed by atoms with Crippen LogP contribution in [0.25, 0.3) is 0 Å². The van der Waals surface area contributed by atoms with Gasteiger partial charge in [-0.2, -0.15) is 0 Å². The predicted molar refractivity (Wildman–Crippen MR) is 120 cm³/mol. The molecular weight excluding hydrogens is 472 g/mol. The Morgan fingerprint density at radius 3 is 1.91 bits per heavy atom. The zero-order chi connectivity index (χ0) is 25.4. The molecule has 0 spiro atoms. The predicted octanol–water partition coefficient (Wildman–Crippen LogP) is -1.30. The van der Waals surface area contributed by atoms with Crippen molar-refractivity contribution in [1.82, 2.24) is 20.7 Å². The molecule has 34 heavy (non-hydrogen) atoms. The molecule has 0 bridgehead atoms. The van der Waals surface area contributed by atoms with Gasteiger partial charge in [0, 0.05) is 53.9 Å². The van der Waals surface area contributed by atoms with Crippen LogP contribution in [0.4, 0.5) is 0 Å². The first-order chi connectivity index (χ1) is 16.0. The van der Waals surface area contributed by atoms with Crippen molar-refractivity contribution >= 4 is 41.2 Å². The third kappa shape index (κ3) is 8.66. The number of carbonyl (C=O) groups excluding carboxylic acids is 4. The van der Waals surface area contributed by atoms with Gasteiger partial charge < -0.3 is 33.9 Å². The Morgan fingerprint density at radius 2 is 1.38 bits per heavy atom. The summed E-state index contributed by atoms with van der Waals surface area (Å²) in [6, 6.07) is 0. The number of hydrogen-bond acceptors (Lipinski definition) is 12. The molecule has 0 unspecified atom stereocenters. The van der Waals surface area contributed by atoms with Gasteiger partial charge in [0.15, 0.2) is 29.7 Å². The highest BCUT2D eigenvalue weighted by atomic mass is 32.1. The minimum atomic E-state index is -1.26. The zero-order valence-corrected chi connectivity index (χ0v) is 20.7. The molecule has 13 nitrogen and oxygen atoms in total. The fourth-order valence-electron chi connectivity index (χ4n) is 3.57. The second-order valence-corrected chi connectivity index (χ2v) is 8.40. The second-order valence-electron chi connectivity index (χ2n) is 8.00. The summed E-state index contributed by atoms with van der Waals surface area (Å²) in [4.78, 5) is 49.1. The van der Waals surface area contributed by atoms with Gasteiger partial charge in [-0.25, -0.2) is 5.01 Å². The molecule has 0 aromatic heterocycles. The molecule has 0 aromatic carbocycles. The number of ether oxygens (including phenoxy) is 5. The zero-order valence-electron chi connectivity index (χ0n) is 19.9. The molecule has 2 aliphatic rings. The highest BCUT2D eigenvalue weighted by Gasteiger charge is 2.52. The maximum absolute atomic E-state index is 11.9. The maximum atomic E-state index is 11.9. The van der Waals surface area contributed by atoms with Crippen LogP contribution in [0, 0.1) is 0 Å². The summed E-state index contributed by atoms with van der Waals surface area (Å²) in [5.74, 6) is -2.67. The van der Waals surface area contributed by atoms with Crippen LogP contribution in [0.1, 0.15) is 27.7 Å². The molecule has 2 aliphatic heterocycles. The molecule has 0 amide bonds. The van der Waals surface area contributed by atoms with Crippen molar-refractivity contribution in [2.24, 2.45) is 0 Å². The second kappa shape index (κ2) is 12.8. The molecule has 0 aliphatic carbocycles. The molecule has 5 atom stereocenters. The first-order valence-corrected chi connectivity index (χ1v) is 11.2. The Hall–Kier alpha value is -2.55. The number of carbonyl (C=O) groups is 4. The van der Waals surface area contributed by atoms with Gasteiger partial charge >= 0.3 is 23.9 Å². The largest absolute Gasteiger partial charge is 0.463 e. The number of hydrogen-bond donors (Lipinski definition) is 2. The first kappa shape index (κ1) is 27.7. The Balaban J connectivity index is 2.27. The van der Waals surface area contributed by atoms with Crippen LogP contribution in [0.5, 0.6) is 0 Å². The van der Waals surface area contributed by atoms with E-state index in [2.05, 4.69) is 15.6 Å². The maximum Gasteiger partial charge on any atom is 0.303 e. The lowest BCUT2D eigenvalue weighted by atomic mass is 9.97. The monoisotopic (exact) mass is 504 g/mol. The van der Waals surface area contributed by atoms with Crippen LogP contribution in [0.2, 0.25) is 0 Å². The minimum Gasteiger partial charge on any atom is -0.463 e. The van der Waals surface area contributed by atoms with E-state index in [-0.39, 0.29) is 11.7 Å². The molecular formula is C20H32N4O9S. The average Bonchev–Trinajstić information content (AvgIpc) is 2.71. The van der Waals surface area contributed by atoms with E-state index in [1.165, 1.54) is 13.8 Å². The number of hydrazine groups is 1. The van der Waals surface area contributed by atoms with Gasteiger partial charge in [0.1, 0.15) is 12.7 Å². The third-order valence-electron chi connectivity index (χ3n) is 5.03. The standard InChI is InChI=1S/C20H32N4O9S/c1-11(25)29-10-15-16(30-12(2)26)17(31-13(3)27)18(32-14(4)28)19(33-15)21-20(34)22-24-8-6-23(5)7-9-24/h15-19H,6-10H2,1-5H3,(H2,21,22,34)/t15-,16+,17+,18+,19-/m1/s1. The normalized spacial score (nSPS) is 27.7. The molecule has 0 radical (unpaired) electrons. The lowest BCUT2D eigenvalue weighted by Gasteiger charge is -2.45. The van der Waals surface area contributed by atoms with Crippen molar-refractivity contribution in [2.45, 2.75) is 58.3 Å². The van der Waals surface area contributed by atoms with Crippen LogP contribution >= 0.6 is 12.2 Å². The average molecular weight is 505 g/mol. The van der Waals surface area contributed by atoms with Crippen molar-refractivity contribution in [1.29, 1.82) is 0 Å². The van der Waals surface area contributed by atoms with Crippen molar-refractivity contribution in [2.75, 3.05) is 39.8 Å². The first-order valence-electron chi connectivity index (χ1n) is 10.8. The third-order valence-corrected chi connectivity index (χ3v) is 5.24. The van der Waals surface area contributed by atoms with E-state index >= 15 is 0 Å². The number of thiocarbonyl (C=S) groups is 1. The van der Waals surface area contributed by atoms with Crippen molar-refractivity contribution < 1.29 is 42.9 Å². The number of piperazine rings is 1. The van der Waals surface area contributed by atoms with Crippen LogP contribution in [-0.4, -0.2) is 109 Å². The van der Waals surface area contributed by atoms with E-state index < -0.39 is 54.5 Å². The van der Waals surface area contributed by atoms with Gasteiger partial charge in [-0.05, 0) is 19.3 Å². The summed E-state index contributed by atoms with van der Waals surface area (Å²) in [6.45, 7) is 7.52. The highest BCUT2D eigenvalue weighted by molar-refractivity contribution is 7.80. The fourth-order valence-corrected chi connectivity index (χ4v) is 3.81. The van der Waals surface area contributed by atoms with Gasteiger partial charge in [-0.1, -0.05) is 0 Å². The number of esters is 4. The molecule has 2 heterocycles. The number of nitrogens with zero attached hydrogens (tertiary/aromatic N) is 2. The molecule has 0 saturated carbocycles. The quantitative estimate of drug-likeness (QED) is 0.240. The van der Waals surface area contributed by atoms with Gasteiger partial charge in [0.2, 0.25) is 0 Å². The molecule has 2 N–H and O–H groups in total. The van der Waals surface area contributed by atoms with Crippen molar-refractivity contribution in [3.05, 3.63) is 0 Å². The topological polar surface area (TPSA) is 145 Å². The Labute approximate surface area is 203 Å². The summed E-state index contributed by atoms with van der Waals surface area (Å²) >= 11 is 5.41. The van der Waals surface area contributed by atoms with Crippen LogP contribution < -0.4 is 10.7 Å². The molecule has 192 valence electrons. The van der Waals surface area contributed by atoms with E-state index in [4.69, 9.17) is 35.9 Å².